The van der Waals surface area contributed by atoms with Crippen LogP contribution in [0, 0.1) is 0 Å². The molecule has 0 amide bonds. The predicted octanol–water partition coefficient (Wildman–Crippen LogP) is 1.47. The molecule has 0 aliphatic carbocycles. The molecule has 2 N–H and O–H groups in total. The standard InChI is InChI=1S/C8H15NO2.C7H13NO2/c1-7(2)8(10)11-6-5-9(3)4;1-4-6(8)10-7(9)5(2)3/h1,5-6H2,2-4H3;6H,2,4,8H2,1,3H3. The van der Waals surface area contributed by atoms with Gasteiger partial charge in [-0.25, -0.2) is 9.59 Å². The van der Waals surface area contributed by atoms with Crippen LogP contribution in [0.25, 0.3) is 0 Å². The van der Waals surface area contributed by atoms with Crippen molar-refractivity contribution in [1.29, 1.82) is 0 Å². The van der Waals surface area contributed by atoms with Crippen LogP contribution < -0.4 is 5.73 Å². The van der Waals surface area contributed by atoms with E-state index in [0.717, 1.165) is 6.54 Å². The topological polar surface area (TPSA) is 81.9 Å². The van der Waals surface area contributed by atoms with Crippen LogP contribution in [0.4, 0.5) is 0 Å². The maximum Gasteiger partial charge on any atom is 0.334 e. The lowest BCUT2D eigenvalue weighted by Gasteiger charge is -2.09. The van der Waals surface area contributed by atoms with Gasteiger partial charge in [0.2, 0.25) is 0 Å². The van der Waals surface area contributed by atoms with Gasteiger partial charge in [-0.3, -0.25) is 5.73 Å². The second-order valence-electron chi connectivity index (χ2n) is 4.85. The molecule has 0 rings (SSSR count). The van der Waals surface area contributed by atoms with Crippen molar-refractivity contribution in [2.75, 3.05) is 27.2 Å². The van der Waals surface area contributed by atoms with E-state index in [-0.39, 0.29) is 5.97 Å². The van der Waals surface area contributed by atoms with Gasteiger partial charge in [-0.1, -0.05) is 20.1 Å². The molecule has 122 valence electrons. The lowest BCUT2D eigenvalue weighted by molar-refractivity contribution is -0.144. The van der Waals surface area contributed by atoms with E-state index in [2.05, 4.69) is 13.2 Å². The summed E-state index contributed by atoms with van der Waals surface area (Å²) in [5, 5.41) is 0. The number of esters is 2. The van der Waals surface area contributed by atoms with E-state index in [9.17, 15) is 9.59 Å². The van der Waals surface area contributed by atoms with Crippen LogP contribution in [0.5, 0.6) is 0 Å². The minimum Gasteiger partial charge on any atom is -0.461 e. The van der Waals surface area contributed by atoms with E-state index in [1.165, 1.54) is 0 Å². The van der Waals surface area contributed by atoms with Crippen molar-refractivity contribution in [2.45, 2.75) is 33.4 Å². The summed E-state index contributed by atoms with van der Waals surface area (Å²) in [6, 6.07) is 0. The third kappa shape index (κ3) is 14.6. The summed E-state index contributed by atoms with van der Waals surface area (Å²) in [5.41, 5.74) is 6.15. The molecule has 0 aromatic carbocycles. The Morgan fingerprint density at radius 3 is 1.95 bits per heavy atom. The Bertz CT molecular complexity index is 365. The van der Waals surface area contributed by atoms with Gasteiger partial charge in [0, 0.05) is 17.7 Å². The van der Waals surface area contributed by atoms with E-state index < -0.39 is 12.2 Å². The molecule has 0 aromatic rings. The fourth-order valence-corrected chi connectivity index (χ4v) is 0.766. The van der Waals surface area contributed by atoms with Crippen LogP contribution in [0.3, 0.4) is 0 Å². The number of ether oxygens (including phenoxy) is 2. The van der Waals surface area contributed by atoms with E-state index in [4.69, 9.17) is 15.2 Å². The molecule has 0 radical (unpaired) electrons. The quantitative estimate of drug-likeness (QED) is 0.435. The number of carbonyl (C=O) groups is 2. The first-order valence-electron chi connectivity index (χ1n) is 6.71. The molecular formula is C15H28N2O4. The van der Waals surface area contributed by atoms with Gasteiger partial charge in [0.15, 0.2) is 6.23 Å². The first-order chi connectivity index (χ1) is 9.61. The van der Waals surface area contributed by atoms with Gasteiger partial charge in [-0.2, -0.15) is 0 Å². The van der Waals surface area contributed by atoms with Gasteiger partial charge in [0.05, 0.1) is 0 Å². The van der Waals surface area contributed by atoms with Gasteiger partial charge in [-0.05, 0) is 34.4 Å². The minimum absolute atomic E-state index is 0.313. The molecule has 6 nitrogen and oxygen atoms in total. The summed E-state index contributed by atoms with van der Waals surface area (Å²) < 4.78 is 9.53. The summed E-state index contributed by atoms with van der Waals surface area (Å²) in [5.74, 6) is -0.735. The van der Waals surface area contributed by atoms with E-state index >= 15 is 0 Å². The largest absolute Gasteiger partial charge is 0.461 e. The van der Waals surface area contributed by atoms with Crippen molar-refractivity contribution >= 4 is 11.9 Å². The molecule has 6 heteroatoms. The van der Waals surface area contributed by atoms with Gasteiger partial charge in [-0.15, -0.1) is 0 Å². The van der Waals surface area contributed by atoms with Crippen LogP contribution in [0.15, 0.2) is 24.3 Å². The number of likely N-dealkylation sites (N-methyl/N-ethyl adjacent to an activating group) is 1. The number of carbonyl (C=O) groups excluding carboxylic acids is 2. The molecule has 1 atom stereocenters. The number of nitrogens with zero attached hydrogens (tertiary/aromatic N) is 1. The van der Waals surface area contributed by atoms with Crippen molar-refractivity contribution in [3.63, 3.8) is 0 Å². The predicted molar refractivity (Wildman–Crippen MR) is 83.5 cm³/mol. The highest BCUT2D eigenvalue weighted by Crippen LogP contribution is 1.96. The van der Waals surface area contributed by atoms with Gasteiger partial charge in [0.25, 0.3) is 0 Å². The third-order valence-corrected chi connectivity index (χ3v) is 2.13. The molecular weight excluding hydrogens is 272 g/mol. The van der Waals surface area contributed by atoms with Crippen molar-refractivity contribution in [3.8, 4) is 0 Å². The van der Waals surface area contributed by atoms with E-state index in [0.29, 0.717) is 24.2 Å². The Balaban J connectivity index is 0. The number of rotatable bonds is 7. The molecule has 0 aliphatic heterocycles. The highest BCUT2D eigenvalue weighted by molar-refractivity contribution is 5.87. The normalized spacial score (nSPS) is 11.0. The Hall–Kier alpha value is -1.66. The molecule has 0 bridgehead atoms. The summed E-state index contributed by atoms with van der Waals surface area (Å²) in [6.45, 7) is 13.1. The first kappa shape index (κ1) is 21.6. The van der Waals surface area contributed by atoms with Crippen LogP contribution >= 0.6 is 0 Å². The number of hydrogen-bond acceptors (Lipinski definition) is 6. The summed E-state index contributed by atoms with van der Waals surface area (Å²) in [7, 11) is 3.85. The average molecular weight is 300 g/mol. The van der Waals surface area contributed by atoms with E-state index in [1.807, 2.05) is 25.9 Å². The number of hydrogen-bond donors (Lipinski definition) is 1. The minimum atomic E-state index is -0.496. The summed E-state index contributed by atoms with van der Waals surface area (Å²) in [4.78, 5) is 23.4. The molecule has 0 saturated heterocycles. The number of nitrogens with two attached hydrogens (primary N) is 1. The molecule has 0 aromatic heterocycles. The zero-order valence-corrected chi connectivity index (χ0v) is 13.8. The van der Waals surface area contributed by atoms with E-state index in [1.54, 1.807) is 13.8 Å². The summed E-state index contributed by atoms with van der Waals surface area (Å²) in [6.07, 6.45) is 0.128. The van der Waals surface area contributed by atoms with Crippen molar-refractivity contribution in [2.24, 2.45) is 5.73 Å². The SMILES string of the molecule is C=C(C)C(=O)OC(N)CC.C=C(C)C(=O)OCCN(C)C. The molecule has 21 heavy (non-hydrogen) atoms. The van der Waals surface area contributed by atoms with Crippen LogP contribution in [-0.2, 0) is 19.1 Å². The Labute approximate surface area is 127 Å². The smallest absolute Gasteiger partial charge is 0.334 e. The summed E-state index contributed by atoms with van der Waals surface area (Å²) >= 11 is 0. The average Bonchev–Trinajstić information content (AvgIpc) is 2.38. The van der Waals surface area contributed by atoms with Gasteiger partial charge in [0.1, 0.15) is 6.61 Å². The molecule has 0 aliphatic rings. The monoisotopic (exact) mass is 300 g/mol. The van der Waals surface area contributed by atoms with Crippen LogP contribution in [0.2, 0.25) is 0 Å². The molecule has 0 spiro atoms. The highest BCUT2D eigenvalue weighted by atomic mass is 16.6. The second kappa shape index (κ2) is 12.1. The molecule has 0 fully saturated rings. The fraction of sp³-hybridized carbons (Fsp3) is 0.600. The maximum atomic E-state index is 10.8. The zero-order chi connectivity index (χ0) is 17.0. The lowest BCUT2D eigenvalue weighted by Crippen LogP contribution is -2.26. The highest BCUT2D eigenvalue weighted by Gasteiger charge is 2.06. The molecule has 0 saturated carbocycles. The van der Waals surface area contributed by atoms with Crippen molar-refractivity contribution in [3.05, 3.63) is 24.3 Å². The maximum absolute atomic E-state index is 10.8. The molecule has 0 heterocycles. The van der Waals surface area contributed by atoms with Gasteiger partial charge < -0.3 is 14.4 Å². The Morgan fingerprint density at radius 1 is 1.14 bits per heavy atom. The molecule has 1 unspecified atom stereocenters. The lowest BCUT2D eigenvalue weighted by atomic mass is 10.3. The van der Waals surface area contributed by atoms with Crippen molar-refractivity contribution in [1.82, 2.24) is 4.90 Å². The third-order valence-electron chi connectivity index (χ3n) is 2.13. The van der Waals surface area contributed by atoms with Crippen LogP contribution in [0.1, 0.15) is 27.2 Å². The Morgan fingerprint density at radius 2 is 1.62 bits per heavy atom. The van der Waals surface area contributed by atoms with Gasteiger partial charge >= 0.3 is 11.9 Å². The zero-order valence-electron chi connectivity index (χ0n) is 13.8. The van der Waals surface area contributed by atoms with Crippen LogP contribution in [-0.4, -0.2) is 50.3 Å². The second-order valence-corrected chi connectivity index (χ2v) is 4.85. The fourth-order valence-electron chi connectivity index (χ4n) is 0.766. The first-order valence-corrected chi connectivity index (χ1v) is 6.71. The van der Waals surface area contributed by atoms with Crippen molar-refractivity contribution < 1.29 is 19.1 Å². The Kier molecular flexibility index (Phi) is 12.5.